The number of benzene rings is 1. The average molecular weight is 365 g/mol. The summed E-state index contributed by atoms with van der Waals surface area (Å²) in [6.45, 7) is 2.55. The number of para-hydroxylation sites is 1. The number of aliphatic hydroxyl groups excluding tert-OH is 1. The summed E-state index contributed by atoms with van der Waals surface area (Å²) in [5.41, 5.74) is 2.50. The Balaban J connectivity index is 1.40. The van der Waals surface area contributed by atoms with E-state index in [0.717, 1.165) is 19.5 Å². The van der Waals surface area contributed by atoms with Crippen LogP contribution in [0.2, 0.25) is 0 Å². The summed E-state index contributed by atoms with van der Waals surface area (Å²) >= 11 is 0. The molecule has 140 valence electrons. The fraction of sp³-hybridized carbons (Fsp3) is 0.350. The third kappa shape index (κ3) is 3.93. The molecule has 7 heteroatoms. The van der Waals surface area contributed by atoms with E-state index in [9.17, 15) is 5.11 Å². The van der Waals surface area contributed by atoms with E-state index < -0.39 is 6.23 Å². The number of aliphatic imine (C=N–C) groups is 1. The van der Waals surface area contributed by atoms with Crippen molar-refractivity contribution in [3.8, 4) is 0 Å². The van der Waals surface area contributed by atoms with Crippen LogP contribution in [-0.2, 0) is 4.74 Å². The monoisotopic (exact) mass is 365 g/mol. The molecule has 2 atom stereocenters. The highest BCUT2D eigenvalue weighted by molar-refractivity contribution is 5.84. The van der Waals surface area contributed by atoms with E-state index in [1.54, 1.807) is 30.3 Å². The van der Waals surface area contributed by atoms with Crippen molar-refractivity contribution < 1.29 is 9.84 Å². The molecule has 0 saturated carbocycles. The van der Waals surface area contributed by atoms with Gasteiger partial charge in [0, 0.05) is 37.9 Å². The Bertz CT molecular complexity index is 825. The summed E-state index contributed by atoms with van der Waals surface area (Å²) in [7, 11) is 1.77. The van der Waals surface area contributed by atoms with E-state index in [0.29, 0.717) is 29.9 Å². The van der Waals surface area contributed by atoms with E-state index in [1.807, 2.05) is 6.07 Å². The van der Waals surface area contributed by atoms with Gasteiger partial charge in [-0.25, -0.2) is 9.97 Å². The quantitative estimate of drug-likeness (QED) is 0.893. The highest BCUT2D eigenvalue weighted by Crippen LogP contribution is 2.25. The van der Waals surface area contributed by atoms with Gasteiger partial charge in [0.15, 0.2) is 6.23 Å². The van der Waals surface area contributed by atoms with Gasteiger partial charge < -0.3 is 19.6 Å². The molecule has 27 heavy (non-hydrogen) atoms. The Morgan fingerprint density at radius 2 is 2.07 bits per heavy atom. The van der Waals surface area contributed by atoms with Gasteiger partial charge in [0.1, 0.15) is 6.33 Å². The molecular weight excluding hydrogens is 342 g/mol. The normalized spacial score (nSPS) is 22.4. The van der Waals surface area contributed by atoms with Crippen molar-refractivity contribution in [1.82, 2.24) is 14.9 Å². The number of amidine groups is 1. The number of hydrogen-bond donors (Lipinski definition) is 1. The van der Waals surface area contributed by atoms with E-state index in [1.165, 1.54) is 12.0 Å². The number of aromatic nitrogens is 2. The molecule has 4 rings (SSSR count). The van der Waals surface area contributed by atoms with Gasteiger partial charge in [0.25, 0.3) is 6.02 Å². The lowest BCUT2D eigenvalue weighted by molar-refractivity contribution is 0.0816. The number of rotatable bonds is 4. The number of hydrogen-bond acceptors (Lipinski definition) is 7. The molecular formula is C20H23N5O2. The molecule has 0 bridgehead atoms. The van der Waals surface area contributed by atoms with E-state index >= 15 is 0 Å². The number of aliphatic hydroxyl groups is 1. The molecule has 0 amide bonds. The third-order valence-electron chi connectivity index (χ3n) is 4.92. The molecule has 2 unspecified atom stereocenters. The van der Waals surface area contributed by atoms with Crippen LogP contribution < -0.4 is 4.90 Å². The molecule has 1 fully saturated rings. The average Bonchev–Trinajstić information content (AvgIpc) is 3.19. The van der Waals surface area contributed by atoms with E-state index in [4.69, 9.17) is 4.74 Å². The number of anilines is 1. The van der Waals surface area contributed by atoms with Crippen molar-refractivity contribution in [2.75, 3.05) is 31.6 Å². The molecule has 1 aromatic heterocycles. The Hall–Kier alpha value is -2.93. The highest BCUT2D eigenvalue weighted by atomic mass is 16.5. The summed E-state index contributed by atoms with van der Waals surface area (Å²) in [5.74, 6) is 0.423. The Kier molecular flexibility index (Phi) is 5.02. The first kappa shape index (κ1) is 17.5. The van der Waals surface area contributed by atoms with Crippen LogP contribution in [0.3, 0.4) is 0 Å². The molecule has 2 aromatic rings. The lowest BCUT2D eigenvalue weighted by Gasteiger charge is -2.29. The molecule has 1 saturated heterocycles. The van der Waals surface area contributed by atoms with Crippen LogP contribution >= 0.6 is 0 Å². The Morgan fingerprint density at radius 3 is 2.85 bits per heavy atom. The van der Waals surface area contributed by atoms with Crippen LogP contribution in [0.25, 0.3) is 5.70 Å². The summed E-state index contributed by atoms with van der Waals surface area (Å²) in [6, 6.07) is 12.6. The fourth-order valence-corrected chi connectivity index (χ4v) is 3.34. The maximum atomic E-state index is 10.3. The van der Waals surface area contributed by atoms with Crippen LogP contribution in [0, 0.1) is 5.92 Å². The van der Waals surface area contributed by atoms with E-state index in [2.05, 4.69) is 44.1 Å². The molecule has 2 aliphatic heterocycles. The van der Waals surface area contributed by atoms with Gasteiger partial charge in [-0.2, -0.15) is 4.99 Å². The van der Waals surface area contributed by atoms with Crippen molar-refractivity contribution in [3.05, 3.63) is 60.7 Å². The van der Waals surface area contributed by atoms with Gasteiger partial charge in [-0.1, -0.05) is 18.2 Å². The molecule has 0 radical (unpaired) electrons. The van der Waals surface area contributed by atoms with Gasteiger partial charge in [-0.3, -0.25) is 0 Å². The van der Waals surface area contributed by atoms with Gasteiger partial charge in [-0.05, 0) is 30.7 Å². The topological polar surface area (TPSA) is 74.1 Å². The lowest BCUT2D eigenvalue weighted by Crippen LogP contribution is -2.40. The van der Waals surface area contributed by atoms with Gasteiger partial charge >= 0.3 is 0 Å². The number of nitrogens with zero attached hydrogens (tertiary/aromatic N) is 5. The maximum Gasteiger partial charge on any atom is 0.294 e. The zero-order valence-corrected chi connectivity index (χ0v) is 15.3. The van der Waals surface area contributed by atoms with Crippen LogP contribution in [0.1, 0.15) is 12.1 Å². The van der Waals surface area contributed by atoms with Crippen molar-refractivity contribution in [1.29, 1.82) is 0 Å². The summed E-state index contributed by atoms with van der Waals surface area (Å²) < 4.78 is 5.99. The van der Waals surface area contributed by atoms with E-state index in [-0.39, 0.29) is 0 Å². The molecule has 2 aliphatic rings. The van der Waals surface area contributed by atoms with Gasteiger partial charge in [-0.15, -0.1) is 0 Å². The zero-order valence-electron chi connectivity index (χ0n) is 15.3. The molecule has 1 aromatic carbocycles. The summed E-state index contributed by atoms with van der Waals surface area (Å²) in [6.07, 6.45) is 5.05. The second kappa shape index (κ2) is 7.75. The fourth-order valence-electron chi connectivity index (χ4n) is 3.34. The largest absolute Gasteiger partial charge is 0.464 e. The highest BCUT2D eigenvalue weighted by Gasteiger charge is 2.27. The summed E-state index contributed by atoms with van der Waals surface area (Å²) in [4.78, 5) is 16.7. The lowest BCUT2D eigenvalue weighted by atomic mass is 10.1. The third-order valence-corrected chi connectivity index (χ3v) is 4.92. The van der Waals surface area contributed by atoms with Crippen LogP contribution in [-0.4, -0.2) is 59.0 Å². The van der Waals surface area contributed by atoms with Gasteiger partial charge in [0.05, 0.1) is 18.0 Å². The second-order valence-corrected chi connectivity index (χ2v) is 6.81. The molecule has 3 heterocycles. The molecule has 7 nitrogen and oxygen atoms in total. The van der Waals surface area contributed by atoms with Crippen LogP contribution in [0.15, 0.2) is 60.0 Å². The van der Waals surface area contributed by atoms with Crippen molar-refractivity contribution in [2.45, 2.75) is 12.6 Å². The van der Waals surface area contributed by atoms with Crippen LogP contribution in [0.4, 0.5) is 5.69 Å². The minimum Gasteiger partial charge on any atom is -0.464 e. The zero-order chi connectivity index (χ0) is 18.6. The maximum absolute atomic E-state index is 10.3. The Morgan fingerprint density at radius 1 is 1.22 bits per heavy atom. The second-order valence-electron chi connectivity index (χ2n) is 6.81. The molecule has 0 spiro atoms. The smallest absolute Gasteiger partial charge is 0.294 e. The first-order valence-corrected chi connectivity index (χ1v) is 9.11. The standard InChI is InChI=1S/C20H23N5O2/c1-24-19(26)11-18(17-7-9-21-14-22-17)23-20(24)27-13-15-8-10-25(12-15)16-5-3-2-4-6-16/h2-7,9,11,14-15,19,26H,8,10,12-13H2,1H3. The van der Waals surface area contributed by atoms with Crippen molar-refractivity contribution in [2.24, 2.45) is 10.9 Å². The predicted octanol–water partition coefficient (Wildman–Crippen LogP) is 1.98. The first-order chi connectivity index (χ1) is 13.2. The van der Waals surface area contributed by atoms with Crippen molar-refractivity contribution in [3.63, 3.8) is 0 Å². The van der Waals surface area contributed by atoms with Gasteiger partial charge in [0.2, 0.25) is 0 Å². The summed E-state index contributed by atoms with van der Waals surface area (Å²) in [5, 5.41) is 10.3. The first-order valence-electron chi connectivity index (χ1n) is 9.11. The minimum atomic E-state index is -0.799. The predicted molar refractivity (Wildman–Crippen MR) is 104 cm³/mol. The van der Waals surface area contributed by atoms with Crippen LogP contribution in [0.5, 0.6) is 0 Å². The molecule has 1 N–H and O–H groups in total. The number of likely N-dealkylation sites (N-methyl/N-ethyl adjacent to an activating group) is 1. The molecule has 0 aliphatic carbocycles. The van der Waals surface area contributed by atoms with Crippen molar-refractivity contribution >= 4 is 17.4 Å². The minimum absolute atomic E-state index is 0.414. The SMILES string of the molecule is CN1C(OCC2CCN(c3ccccc3)C2)=NC(c2ccncn2)=CC1O. The number of ether oxygens (including phenoxy) is 1. The Labute approximate surface area is 158 Å².